The van der Waals surface area contributed by atoms with Crippen LogP contribution in [-0.4, -0.2) is 34.7 Å². The second kappa shape index (κ2) is 14.0. The fourth-order valence-electron chi connectivity index (χ4n) is 7.36. The molecule has 5 aromatic carbocycles. The first-order valence-corrected chi connectivity index (χ1v) is 17.7. The van der Waals surface area contributed by atoms with E-state index in [1.165, 1.54) is 5.56 Å². The van der Waals surface area contributed by atoms with Crippen molar-refractivity contribution in [2.75, 3.05) is 0 Å². The molecule has 3 heterocycles. The van der Waals surface area contributed by atoms with Crippen molar-refractivity contribution in [3.63, 3.8) is 0 Å². The molecular formula is C45H39N7. The standard InChI is InChI=1S/C45H39N7/c1-4-41-47-43-32(2)29-33(3)46-44(43)51(41)31-34-25-27-36(28-26-34)40(35-17-9-5-10-18-35)30-42-48-49-50-52(42)45(37-19-11-6-12-20-37,38-21-13-7-14-22-38)39-23-15-8-16-24-39/h5-30H,4,31H2,1-3H3/b40-30-. The van der Waals surface area contributed by atoms with E-state index in [0.717, 1.165) is 68.1 Å². The third-order valence-electron chi connectivity index (χ3n) is 9.77. The van der Waals surface area contributed by atoms with E-state index in [0.29, 0.717) is 12.4 Å². The highest BCUT2D eigenvalue weighted by molar-refractivity contribution is 5.90. The second-order valence-electron chi connectivity index (χ2n) is 13.1. The summed E-state index contributed by atoms with van der Waals surface area (Å²) >= 11 is 0. The van der Waals surface area contributed by atoms with Gasteiger partial charge < -0.3 is 4.57 Å². The number of aryl methyl sites for hydroxylation is 3. The van der Waals surface area contributed by atoms with Crippen molar-refractivity contribution in [2.24, 2.45) is 0 Å². The Labute approximate surface area is 304 Å². The largest absolute Gasteiger partial charge is 0.308 e. The van der Waals surface area contributed by atoms with Gasteiger partial charge in [0.1, 0.15) is 16.9 Å². The maximum Gasteiger partial charge on any atom is 0.177 e. The molecule has 0 saturated carbocycles. The molecule has 0 unspecified atom stereocenters. The summed E-state index contributed by atoms with van der Waals surface area (Å²) in [4.78, 5) is 9.85. The van der Waals surface area contributed by atoms with Gasteiger partial charge in [-0.1, -0.05) is 153 Å². The Hall–Kier alpha value is -6.47. The number of nitrogens with zero attached hydrogens (tertiary/aromatic N) is 7. The van der Waals surface area contributed by atoms with Crippen LogP contribution in [0.4, 0.5) is 0 Å². The van der Waals surface area contributed by atoms with Gasteiger partial charge in [-0.3, -0.25) is 0 Å². The molecule has 0 atom stereocenters. The van der Waals surface area contributed by atoms with Crippen LogP contribution in [0.5, 0.6) is 0 Å². The normalized spacial score (nSPS) is 12.0. The molecule has 8 aromatic rings. The van der Waals surface area contributed by atoms with Crippen molar-refractivity contribution in [1.82, 2.24) is 34.7 Å². The fourth-order valence-corrected chi connectivity index (χ4v) is 7.36. The van der Waals surface area contributed by atoms with Gasteiger partial charge in [0.05, 0.1) is 6.54 Å². The molecular weight excluding hydrogens is 639 g/mol. The molecule has 0 radical (unpaired) electrons. The molecule has 52 heavy (non-hydrogen) atoms. The SMILES string of the molecule is CCc1nc2c(C)cc(C)nc2n1Cc1ccc(/C(=C\c2nnnn2C(c2ccccc2)(c2ccccc2)c2ccccc2)c2ccccc2)cc1. The van der Waals surface area contributed by atoms with Gasteiger partial charge in [-0.25, -0.2) is 14.6 Å². The Balaban J connectivity index is 1.27. The number of pyridine rings is 1. The summed E-state index contributed by atoms with van der Waals surface area (Å²) in [6.07, 6.45) is 2.95. The van der Waals surface area contributed by atoms with Crippen LogP contribution in [0, 0.1) is 13.8 Å². The van der Waals surface area contributed by atoms with E-state index in [1.807, 2.05) is 35.9 Å². The molecule has 0 spiro atoms. The minimum atomic E-state index is -0.847. The Morgan fingerprint density at radius 1 is 0.654 bits per heavy atom. The average Bonchev–Trinajstić information content (AvgIpc) is 3.81. The molecule has 254 valence electrons. The van der Waals surface area contributed by atoms with Gasteiger partial charge in [0.25, 0.3) is 0 Å². The van der Waals surface area contributed by atoms with Gasteiger partial charge >= 0.3 is 0 Å². The predicted octanol–water partition coefficient (Wildman–Crippen LogP) is 9.07. The van der Waals surface area contributed by atoms with E-state index >= 15 is 0 Å². The van der Waals surface area contributed by atoms with Gasteiger partial charge in [0, 0.05) is 12.1 Å². The summed E-state index contributed by atoms with van der Waals surface area (Å²) in [5.41, 5.74) is 10.7. The number of benzene rings is 5. The van der Waals surface area contributed by atoms with Gasteiger partial charge in [0.15, 0.2) is 11.5 Å². The second-order valence-corrected chi connectivity index (χ2v) is 13.1. The van der Waals surface area contributed by atoms with Crippen molar-refractivity contribution in [3.05, 3.63) is 208 Å². The topological polar surface area (TPSA) is 74.3 Å². The Morgan fingerprint density at radius 2 is 1.19 bits per heavy atom. The van der Waals surface area contributed by atoms with Crippen LogP contribution in [0.3, 0.4) is 0 Å². The summed E-state index contributed by atoms with van der Waals surface area (Å²) in [5, 5.41) is 13.8. The molecule has 0 aliphatic heterocycles. The summed E-state index contributed by atoms with van der Waals surface area (Å²) in [6.45, 7) is 6.99. The van der Waals surface area contributed by atoms with Gasteiger partial charge in [-0.05, 0) is 80.9 Å². The summed E-state index contributed by atoms with van der Waals surface area (Å²) in [7, 11) is 0. The van der Waals surface area contributed by atoms with E-state index in [-0.39, 0.29) is 0 Å². The fraction of sp³-hybridized carbons (Fsp3) is 0.133. The van der Waals surface area contributed by atoms with Crippen LogP contribution < -0.4 is 0 Å². The van der Waals surface area contributed by atoms with E-state index in [1.54, 1.807) is 0 Å². The first kappa shape index (κ1) is 32.7. The maximum absolute atomic E-state index is 4.96. The highest BCUT2D eigenvalue weighted by Gasteiger charge is 2.41. The minimum absolute atomic E-state index is 0.633. The quantitative estimate of drug-likeness (QED) is 0.135. The smallest absolute Gasteiger partial charge is 0.177 e. The minimum Gasteiger partial charge on any atom is -0.308 e. The van der Waals surface area contributed by atoms with Crippen molar-refractivity contribution in [2.45, 2.75) is 39.3 Å². The number of hydrogen-bond donors (Lipinski definition) is 0. The number of fused-ring (bicyclic) bond motifs is 1. The van der Waals surface area contributed by atoms with Gasteiger partial charge in [0.2, 0.25) is 0 Å². The molecule has 0 amide bonds. The van der Waals surface area contributed by atoms with E-state index in [2.05, 4.69) is 162 Å². The summed E-state index contributed by atoms with van der Waals surface area (Å²) in [5.74, 6) is 1.67. The van der Waals surface area contributed by atoms with Crippen LogP contribution in [0.15, 0.2) is 152 Å². The van der Waals surface area contributed by atoms with Crippen LogP contribution >= 0.6 is 0 Å². The molecule has 0 fully saturated rings. The lowest BCUT2D eigenvalue weighted by molar-refractivity contribution is 0.443. The molecule has 8 rings (SSSR count). The van der Waals surface area contributed by atoms with Crippen molar-refractivity contribution >= 4 is 22.8 Å². The number of imidazole rings is 1. The Morgan fingerprint density at radius 3 is 1.75 bits per heavy atom. The van der Waals surface area contributed by atoms with E-state index < -0.39 is 5.54 Å². The monoisotopic (exact) mass is 677 g/mol. The van der Waals surface area contributed by atoms with Gasteiger partial charge in [-0.2, -0.15) is 0 Å². The Kier molecular flexibility index (Phi) is 8.83. The molecule has 7 nitrogen and oxygen atoms in total. The lowest BCUT2D eigenvalue weighted by Gasteiger charge is -2.36. The zero-order valence-electron chi connectivity index (χ0n) is 29.6. The first-order chi connectivity index (χ1) is 25.6. The molecule has 0 aliphatic rings. The highest BCUT2D eigenvalue weighted by Crippen LogP contribution is 2.41. The maximum atomic E-state index is 4.96. The number of tetrazole rings is 1. The van der Waals surface area contributed by atoms with Crippen LogP contribution in [0.1, 0.15) is 63.2 Å². The lowest BCUT2D eigenvalue weighted by atomic mass is 9.77. The van der Waals surface area contributed by atoms with E-state index in [9.17, 15) is 0 Å². The third-order valence-corrected chi connectivity index (χ3v) is 9.77. The van der Waals surface area contributed by atoms with Crippen LogP contribution in [0.2, 0.25) is 0 Å². The van der Waals surface area contributed by atoms with E-state index in [4.69, 9.17) is 15.2 Å². The highest BCUT2D eigenvalue weighted by atomic mass is 15.6. The molecule has 7 heteroatoms. The summed E-state index contributed by atoms with van der Waals surface area (Å²) < 4.78 is 4.22. The van der Waals surface area contributed by atoms with Gasteiger partial charge in [-0.15, -0.1) is 5.10 Å². The number of rotatable bonds is 10. The molecule has 0 bridgehead atoms. The number of aromatic nitrogens is 7. The summed E-state index contributed by atoms with van der Waals surface area (Å²) in [6, 6.07) is 52.8. The molecule has 3 aromatic heterocycles. The molecule has 0 aliphatic carbocycles. The number of hydrogen-bond acceptors (Lipinski definition) is 5. The van der Waals surface area contributed by atoms with Crippen LogP contribution in [-0.2, 0) is 18.5 Å². The third kappa shape index (κ3) is 5.90. The zero-order chi connectivity index (χ0) is 35.5. The average molecular weight is 678 g/mol. The predicted molar refractivity (Wildman–Crippen MR) is 208 cm³/mol. The van der Waals surface area contributed by atoms with Crippen molar-refractivity contribution in [3.8, 4) is 0 Å². The van der Waals surface area contributed by atoms with Crippen LogP contribution in [0.25, 0.3) is 22.8 Å². The zero-order valence-corrected chi connectivity index (χ0v) is 29.6. The molecule has 0 saturated heterocycles. The van der Waals surface area contributed by atoms with Crippen molar-refractivity contribution < 1.29 is 0 Å². The Bertz CT molecular complexity index is 2370. The molecule has 0 N–H and O–H groups in total. The van der Waals surface area contributed by atoms with Crippen molar-refractivity contribution in [1.29, 1.82) is 0 Å². The lowest BCUT2D eigenvalue weighted by Crippen LogP contribution is -2.39. The first-order valence-electron chi connectivity index (χ1n) is 17.7.